The zero-order valence-electron chi connectivity index (χ0n) is 11.3. The molecule has 1 rings (SSSR count). The van der Waals surface area contributed by atoms with Crippen LogP contribution in [0.3, 0.4) is 0 Å². The second-order valence-corrected chi connectivity index (χ2v) is 4.24. The second-order valence-electron chi connectivity index (χ2n) is 4.24. The topological polar surface area (TPSA) is 62.4 Å². The van der Waals surface area contributed by atoms with Crippen molar-refractivity contribution in [1.29, 1.82) is 0 Å². The Bertz CT molecular complexity index is 443. The average Bonchev–Trinajstić information content (AvgIpc) is 2.42. The molecule has 0 aliphatic carbocycles. The van der Waals surface area contributed by atoms with Crippen LogP contribution in [-0.2, 0) is 12.7 Å². The van der Waals surface area contributed by atoms with Crippen LogP contribution < -0.4 is 16.6 Å². The molecule has 0 bridgehead atoms. The number of nitrogens with one attached hydrogen (secondary N) is 2. The monoisotopic (exact) mass is 288 g/mol. The molecule has 0 amide bonds. The maximum atomic E-state index is 12.8. The van der Waals surface area contributed by atoms with Gasteiger partial charge in [0.25, 0.3) is 0 Å². The van der Waals surface area contributed by atoms with E-state index in [4.69, 9.17) is 5.84 Å². The number of halogens is 3. The Labute approximate surface area is 116 Å². The van der Waals surface area contributed by atoms with Gasteiger partial charge in [-0.05, 0) is 18.1 Å². The maximum Gasteiger partial charge on any atom is 0.416 e. The van der Waals surface area contributed by atoms with Crippen LogP contribution in [0.4, 0.5) is 13.2 Å². The van der Waals surface area contributed by atoms with Crippen molar-refractivity contribution >= 4 is 5.96 Å². The summed E-state index contributed by atoms with van der Waals surface area (Å²) in [5.74, 6) is 5.56. The van der Waals surface area contributed by atoms with Crippen LogP contribution in [0.25, 0.3) is 0 Å². The minimum absolute atomic E-state index is 0.0889. The van der Waals surface area contributed by atoms with Gasteiger partial charge in [0.1, 0.15) is 0 Å². The number of alkyl halides is 3. The van der Waals surface area contributed by atoms with E-state index in [1.165, 1.54) is 12.1 Å². The van der Waals surface area contributed by atoms with Gasteiger partial charge in [0.2, 0.25) is 5.96 Å². The minimum atomic E-state index is -4.38. The lowest BCUT2D eigenvalue weighted by atomic mass is 10.1. The Morgan fingerprint density at radius 3 is 2.60 bits per heavy atom. The molecule has 0 unspecified atom stereocenters. The molecule has 1 aromatic rings. The first-order valence-electron chi connectivity index (χ1n) is 6.39. The van der Waals surface area contributed by atoms with Crippen LogP contribution in [0, 0.1) is 0 Å². The third-order valence-corrected chi connectivity index (χ3v) is 2.69. The summed E-state index contributed by atoms with van der Waals surface area (Å²) >= 11 is 0. The van der Waals surface area contributed by atoms with Crippen molar-refractivity contribution < 1.29 is 13.2 Å². The lowest BCUT2D eigenvalue weighted by Gasteiger charge is -2.12. The molecule has 7 heteroatoms. The molecule has 4 N–H and O–H groups in total. The fourth-order valence-electron chi connectivity index (χ4n) is 1.64. The summed E-state index contributed by atoms with van der Waals surface area (Å²) in [5, 5.41) is 2.93. The molecule has 112 valence electrons. The highest BCUT2D eigenvalue weighted by Gasteiger charge is 2.32. The van der Waals surface area contributed by atoms with Crippen LogP contribution in [0.15, 0.2) is 29.3 Å². The number of rotatable bonds is 5. The number of aliphatic imine (C=N–C) groups is 1. The third kappa shape index (κ3) is 5.08. The number of benzene rings is 1. The molecule has 0 atom stereocenters. The van der Waals surface area contributed by atoms with Gasteiger partial charge in [-0.2, -0.15) is 13.2 Å². The lowest BCUT2D eigenvalue weighted by Crippen LogP contribution is -2.42. The van der Waals surface area contributed by atoms with Crippen molar-refractivity contribution in [2.24, 2.45) is 10.8 Å². The van der Waals surface area contributed by atoms with Crippen molar-refractivity contribution in [3.63, 3.8) is 0 Å². The smallest absolute Gasteiger partial charge is 0.355 e. The van der Waals surface area contributed by atoms with Gasteiger partial charge in [0.15, 0.2) is 0 Å². The number of hydrogen-bond acceptors (Lipinski definition) is 2. The van der Waals surface area contributed by atoms with Crippen LogP contribution in [0.5, 0.6) is 0 Å². The largest absolute Gasteiger partial charge is 0.416 e. The number of hydrogen-bond donors (Lipinski definition) is 3. The maximum absolute atomic E-state index is 12.8. The van der Waals surface area contributed by atoms with Gasteiger partial charge in [0, 0.05) is 6.54 Å². The van der Waals surface area contributed by atoms with Gasteiger partial charge in [0.05, 0.1) is 12.1 Å². The number of hydrazine groups is 1. The van der Waals surface area contributed by atoms with E-state index in [0.717, 1.165) is 18.9 Å². The molecule has 0 saturated heterocycles. The van der Waals surface area contributed by atoms with E-state index < -0.39 is 11.7 Å². The molecular weight excluding hydrogens is 269 g/mol. The third-order valence-electron chi connectivity index (χ3n) is 2.69. The molecule has 20 heavy (non-hydrogen) atoms. The fourth-order valence-corrected chi connectivity index (χ4v) is 1.64. The highest BCUT2D eigenvalue weighted by Crippen LogP contribution is 2.32. The van der Waals surface area contributed by atoms with E-state index in [0.29, 0.717) is 6.54 Å². The highest BCUT2D eigenvalue weighted by molar-refractivity contribution is 5.79. The first-order valence-corrected chi connectivity index (χ1v) is 6.39. The Kier molecular flexibility index (Phi) is 6.30. The Morgan fingerprint density at radius 2 is 2.00 bits per heavy atom. The molecule has 0 radical (unpaired) electrons. The van der Waals surface area contributed by atoms with E-state index in [9.17, 15) is 13.2 Å². The van der Waals surface area contributed by atoms with Gasteiger partial charge in [-0.25, -0.2) is 10.8 Å². The van der Waals surface area contributed by atoms with Crippen LogP contribution in [-0.4, -0.2) is 12.5 Å². The molecule has 0 fully saturated rings. The summed E-state index contributed by atoms with van der Waals surface area (Å²) in [6.45, 7) is 2.61. The van der Waals surface area contributed by atoms with Crippen LogP contribution in [0.1, 0.15) is 30.9 Å². The first kappa shape index (κ1) is 16.3. The SMILES string of the molecule is CCCCNC(=NCc1ccccc1C(F)(F)F)NN. The van der Waals surface area contributed by atoms with E-state index in [1.807, 2.05) is 6.92 Å². The van der Waals surface area contributed by atoms with Gasteiger partial charge in [-0.3, -0.25) is 5.43 Å². The van der Waals surface area contributed by atoms with Crippen molar-refractivity contribution in [2.75, 3.05) is 6.54 Å². The molecule has 0 saturated carbocycles. The summed E-state index contributed by atoms with van der Waals surface area (Å²) in [7, 11) is 0. The van der Waals surface area contributed by atoms with Gasteiger partial charge in [-0.15, -0.1) is 0 Å². The van der Waals surface area contributed by atoms with Gasteiger partial charge < -0.3 is 5.32 Å². The number of unbranched alkanes of at least 4 members (excludes halogenated alkanes) is 1. The summed E-state index contributed by atoms with van der Waals surface area (Å²) in [5.41, 5.74) is 1.79. The standard InChI is InChI=1S/C13H19F3N4/c1-2-3-8-18-12(20-17)19-9-10-6-4-5-7-11(10)13(14,15)16/h4-7H,2-3,8-9,17H2,1H3,(H2,18,19,20). The van der Waals surface area contributed by atoms with Crippen LogP contribution in [0.2, 0.25) is 0 Å². The minimum Gasteiger partial charge on any atom is -0.355 e. The predicted molar refractivity (Wildman–Crippen MR) is 72.8 cm³/mol. The summed E-state index contributed by atoms with van der Waals surface area (Å²) in [6.07, 6.45) is -2.44. The summed E-state index contributed by atoms with van der Waals surface area (Å²) < 4.78 is 38.4. The van der Waals surface area contributed by atoms with E-state index in [-0.39, 0.29) is 18.1 Å². The number of guanidine groups is 1. The molecule has 0 heterocycles. The quantitative estimate of drug-likeness (QED) is 0.256. The molecule has 4 nitrogen and oxygen atoms in total. The average molecular weight is 288 g/mol. The summed E-state index contributed by atoms with van der Waals surface area (Å²) in [6, 6.07) is 5.37. The van der Waals surface area contributed by atoms with E-state index >= 15 is 0 Å². The first-order chi connectivity index (χ1) is 9.49. The molecule has 0 aromatic heterocycles. The molecule has 0 aliphatic rings. The fraction of sp³-hybridized carbons (Fsp3) is 0.462. The molecule has 1 aromatic carbocycles. The Balaban J connectivity index is 2.77. The zero-order chi connectivity index (χ0) is 15.0. The normalized spacial score (nSPS) is 12.3. The van der Waals surface area contributed by atoms with Crippen molar-refractivity contribution in [3.8, 4) is 0 Å². The molecule has 0 spiro atoms. The Hall–Kier alpha value is -1.76. The highest BCUT2D eigenvalue weighted by atomic mass is 19.4. The zero-order valence-corrected chi connectivity index (χ0v) is 11.3. The second kappa shape index (κ2) is 7.74. The van der Waals surface area contributed by atoms with E-state index in [1.54, 1.807) is 6.07 Å². The predicted octanol–water partition coefficient (Wildman–Crippen LogP) is 2.41. The number of nitrogens with zero attached hydrogens (tertiary/aromatic N) is 1. The van der Waals surface area contributed by atoms with Gasteiger partial charge in [-0.1, -0.05) is 31.5 Å². The molecular formula is C13H19F3N4. The number of nitrogens with two attached hydrogens (primary N) is 1. The Morgan fingerprint density at radius 1 is 1.30 bits per heavy atom. The van der Waals surface area contributed by atoms with Crippen molar-refractivity contribution in [3.05, 3.63) is 35.4 Å². The summed E-state index contributed by atoms with van der Waals surface area (Å²) in [4.78, 5) is 4.03. The van der Waals surface area contributed by atoms with Crippen LogP contribution >= 0.6 is 0 Å². The van der Waals surface area contributed by atoms with Gasteiger partial charge >= 0.3 is 6.18 Å². The van der Waals surface area contributed by atoms with E-state index in [2.05, 4.69) is 15.7 Å². The molecule has 0 aliphatic heterocycles. The van der Waals surface area contributed by atoms with Crippen molar-refractivity contribution in [1.82, 2.24) is 10.7 Å². The lowest BCUT2D eigenvalue weighted by molar-refractivity contribution is -0.138. The van der Waals surface area contributed by atoms with Crippen molar-refractivity contribution in [2.45, 2.75) is 32.5 Å².